The van der Waals surface area contributed by atoms with Crippen LogP contribution in [0.1, 0.15) is 6.42 Å². The van der Waals surface area contributed by atoms with E-state index in [0.29, 0.717) is 13.2 Å². The van der Waals surface area contributed by atoms with Crippen LogP contribution < -0.4 is 11.1 Å². The zero-order valence-corrected chi connectivity index (χ0v) is 10.6. The predicted molar refractivity (Wildman–Crippen MR) is 74.7 cm³/mol. The lowest BCUT2D eigenvalue weighted by molar-refractivity contribution is 0.183. The Hall–Kier alpha value is -1.65. The van der Waals surface area contributed by atoms with E-state index in [4.69, 9.17) is 10.5 Å². The first kappa shape index (κ1) is 12.8. The van der Waals surface area contributed by atoms with Crippen molar-refractivity contribution < 1.29 is 4.74 Å². The van der Waals surface area contributed by atoms with Gasteiger partial charge >= 0.3 is 0 Å². The molecule has 0 aliphatic rings. The Morgan fingerprint density at radius 2 is 2.17 bits per heavy atom. The number of nitrogens with zero attached hydrogens (tertiary/aromatic N) is 1. The zero-order chi connectivity index (χ0) is 12.8. The summed E-state index contributed by atoms with van der Waals surface area (Å²) in [5.41, 5.74) is 5.61. The van der Waals surface area contributed by atoms with Gasteiger partial charge in [0.2, 0.25) is 0 Å². The molecule has 2 rings (SSSR count). The number of rotatable bonds is 6. The van der Waals surface area contributed by atoms with Gasteiger partial charge in [-0.3, -0.25) is 0 Å². The minimum Gasteiger partial charge on any atom is -0.383 e. The Kier molecular flexibility index (Phi) is 4.50. The predicted octanol–water partition coefficient (Wildman–Crippen LogP) is 2.01. The maximum atomic E-state index is 5.61. The van der Waals surface area contributed by atoms with Crippen LogP contribution in [0.3, 0.4) is 0 Å². The number of methoxy groups -OCH3 is 1. The third-order valence-electron chi connectivity index (χ3n) is 2.90. The molecule has 0 saturated heterocycles. The van der Waals surface area contributed by atoms with E-state index in [-0.39, 0.29) is 6.04 Å². The third kappa shape index (κ3) is 2.97. The molecular weight excluding hydrogens is 226 g/mol. The van der Waals surface area contributed by atoms with E-state index in [1.807, 2.05) is 24.4 Å². The summed E-state index contributed by atoms with van der Waals surface area (Å²) in [6.45, 7) is 1.26. The third-order valence-corrected chi connectivity index (χ3v) is 2.90. The van der Waals surface area contributed by atoms with Crippen molar-refractivity contribution >= 4 is 16.6 Å². The lowest BCUT2D eigenvalue weighted by Crippen LogP contribution is -2.28. The molecule has 1 unspecified atom stereocenters. The molecule has 0 saturated carbocycles. The first-order chi connectivity index (χ1) is 8.85. The van der Waals surface area contributed by atoms with Crippen molar-refractivity contribution in [1.82, 2.24) is 4.98 Å². The van der Waals surface area contributed by atoms with E-state index in [9.17, 15) is 0 Å². The van der Waals surface area contributed by atoms with Crippen molar-refractivity contribution in [2.75, 3.05) is 25.6 Å². The summed E-state index contributed by atoms with van der Waals surface area (Å²) >= 11 is 0. The summed E-state index contributed by atoms with van der Waals surface area (Å²) in [4.78, 5) is 4.40. The van der Waals surface area contributed by atoms with Crippen molar-refractivity contribution in [3.8, 4) is 0 Å². The quantitative estimate of drug-likeness (QED) is 0.817. The van der Waals surface area contributed by atoms with Gasteiger partial charge in [-0.05, 0) is 24.4 Å². The fraction of sp³-hybridized carbons (Fsp3) is 0.357. The maximum Gasteiger partial charge on any atom is 0.134 e. The van der Waals surface area contributed by atoms with Crippen LogP contribution in [0.25, 0.3) is 10.8 Å². The molecule has 1 aromatic heterocycles. The van der Waals surface area contributed by atoms with Gasteiger partial charge in [0.05, 0.1) is 12.6 Å². The molecule has 0 fully saturated rings. The number of fused-ring (bicyclic) bond motifs is 1. The number of hydrogen-bond donors (Lipinski definition) is 2. The molecule has 2 aromatic rings. The fourth-order valence-electron chi connectivity index (χ4n) is 2.03. The van der Waals surface area contributed by atoms with Gasteiger partial charge in [-0.25, -0.2) is 4.98 Å². The van der Waals surface area contributed by atoms with Crippen LogP contribution in [0.5, 0.6) is 0 Å². The van der Waals surface area contributed by atoms with Crippen molar-refractivity contribution in [2.24, 2.45) is 5.73 Å². The molecule has 0 bridgehead atoms. The number of nitrogens with one attached hydrogen (secondary N) is 1. The highest BCUT2D eigenvalue weighted by Gasteiger charge is 2.09. The average Bonchev–Trinajstić information content (AvgIpc) is 2.40. The number of aromatic nitrogens is 1. The van der Waals surface area contributed by atoms with E-state index in [2.05, 4.69) is 22.4 Å². The van der Waals surface area contributed by atoms with E-state index in [1.54, 1.807) is 7.11 Å². The van der Waals surface area contributed by atoms with Crippen molar-refractivity contribution in [3.63, 3.8) is 0 Å². The first-order valence-electron chi connectivity index (χ1n) is 6.14. The van der Waals surface area contributed by atoms with Crippen LogP contribution in [-0.4, -0.2) is 31.3 Å². The lowest BCUT2D eigenvalue weighted by atomic mass is 10.1. The Morgan fingerprint density at radius 3 is 2.94 bits per heavy atom. The van der Waals surface area contributed by atoms with Crippen LogP contribution in [0, 0.1) is 0 Å². The summed E-state index contributed by atoms with van der Waals surface area (Å²) in [6, 6.07) is 10.4. The van der Waals surface area contributed by atoms with Gasteiger partial charge in [0.25, 0.3) is 0 Å². The summed E-state index contributed by atoms with van der Waals surface area (Å²) in [6.07, 6.45) is 2.68. The van der Waals surface area contributed by atoms with Crippen molar-refractivity contribution in [1.29, 1.82) is 0 Å². The number of hydrogen-bond acceptors (Lipinski definition) is 4. The summed E-state index contributed by atoms with van der Waals surface area (Å²) in [5, 5.41) is 5.71. The Bertz CT molecular complexity index is 490. The van der Waals surface area contributed by atoms with Gasteiger partial charge in [-0.15, -0.1) is 0 Å². The summed E-state index contributed by atoms with van der Waals surface area (Å²) < 4.78 is 5.19. The van der Waals surface area contributed by atoms with Gasteiger partial charge in [-0.2, -0.15) is 0 Å². The fourth-order valence-corrected chi connectivity index (χ4v) is 2.03. The Labute approximate surface area is 107 Å². The molecule has 0 aliphatic carbocycles. The summed E-state index contributed by atoms with van der Waals surface area (Å²) in [7, 11) is 1.70. The van der Waals surface area contributed by atoms with Gasteiger partial charge in [-0.1, -0.05) is 24.3 Å². The highest BCUT2D eigenvalue weighted by atomic mass is 16.5. The second-order valence-corrected chi connectivity index (χ2v) is 4.25. The van der Waals surface area contributed by atoms with Crippen LogP contribution in [-0.2, 0) is 4.74 Å². The van der Waals surface area contributed by atoms with Crippen LogP contribution in [0.15, 0.2) is 36.5 Å². The minimum atomic E-state index is 0.193. The van der Waals surface area contributed by atoms with Gasteiger partial charge in [0.15, 0.2) is 0 Å². The molecule has 3 N–H and O–H groups in total. The van der Waals surface area contributed by atoms with Crippen LogP contribution >= 0.6 is 0 Å². The number of benzene rings is 1. The molecule has 18 heavy (non-hydrogen) atoms. The monoisotopic (exact) mass is 245 g/mol. The van der Waals surface area contributed by atoms with E-state index < -0.39 is 0 Å². The number of nitrogens with two attached hydrogens (primary N) is 1. The van der Waals surface area contributed by atoms with E-state index in [1.165, 1.54) is 5.39 Å². The highest BCUT2D eigenvalue weighted by Crippen LogP contribution is 2.21. The SMILES string of the molecule is COCC(CCN)Nc1nccc2ccccc12. The Balaban J connectivity index is 2.24. The molecule has 96 valence electrons. The molecule has 1 heterocycles. The summed E-state index contributed by atoms with van der Waals surface area (Å²) in [5.74, 6) is 0.892. The second-order valence-electron chi connectivity index (χ2n) is 4.25. The number of pyridine rings is 1. The van der Waals surface area contributed by atoms with Crippen molar-refractivity contribution in [2.45, 2.75) is 12.5 Å². The molecule has 1 aromatic carbocycles. The highest BCUT2D eigenvalue weighted by molar-refractivity contribution is 5.91. The minimum absolute atomic E-state index is 0.193. The largest absolute Gasteiger partial charge is 0.383 e. The standard InChI is InChI=1S/C14H19N3O/c1-18-10-12(6-8-15)17-14-13-5-3-2-4-11(13)7-9-16-14/h2-5,7,9,12H,6,8,10,15H2,1H3,(H,16,17). The Morgan fingerprint density at radius 1 is 1.33 bits per heavy atom. The number of ether oxygens (including phenoxy) is 1. The molecular formula is C14H19N3O. The van der Waals surface area contributed by atoms with E-state index >= 15 is 0 Å². The normalized spacial score (nSPS) is 12.6. The molecule has 4 nitrogen and oxygen atoms in total. The van der Waals surface area contributed by atoms with Gasteiger partial charge in [0, 0.05) is 18.7 Å². The molecule has 0 amide bonds. The first-order valence-corrected chi connectivity index (χ1v) is 6.14. The zero-order valence-electron chi connectivity index (χ0n) is 10.6. The number of anilines is 1. The maximum absolute atomic E-state index is 5.61. The van der Waals surface area contributed by atoms with Gasteiger partial charge < -0.3 is 15.8 Å². The second kappa shape index (κ2) is 6.33. The van der Waals surface area contributed by atoms with Gasteiger partial charge in [0.1, 0.15) is 5.82 Å². The molecule has 4 heteroatoms. The van der Waals surface area contributed by atoms with Crippen LogP contribution in [0.2, 0.25) is 0 Å². The smallest absolute Gasteiger partial charge is 0.134 e. The van der Waals surface area contributed by atoms with E-state index in [0.717, 1.165) is 17.6 Å². The molecule has 0 spiro atoms. The molecule has 0 aliphatic heterocycles. The van der Waals surface area contributed by atoms with Crippen LogP contribution in [0.4, 0.5) is 5.82 Å². The average molecular weight is 245 g/mol. The van der Waals surface area contributed by atoms with Crippen molar-refractivity contribution in [3.05, 3.63) is 36.5 Å². The molecule has 1 atom stereocenters. The molecule has 0 radical (unpaired) electrons. The topological polar surface area (TPSA) is 60.2 Å². The lowest BCUT2D eigenvalue weighted by Gasteiger charge is -2.18.